The van der Waals surface area contributed by atoms with Crippen LogP contribution < -0.4 is 10.6 Å². The number of anilines is 1. The number of methoxy groups -OCH3 is 1. The van der Waals surface area contributed by atoms with Crippen molar-refractivity contribution in [1.82, 2.24) is 5.32 Å². The Morgan fingerprint density at radius 1 is 1.09 bits per heavy atom. The van der Waals surface area contributed by atoms with Gasteiger partial charge in [0, 0.05) is 17.3 Å². The third-order valence-corrected chi connectivity index (χ3v) is 4.57. The number of aromatic hydroxyl groups is 1. The Labute approximate surface area is 191 Å². The van der Waals surface area contributed by atoms with Crippen LogP contribution in [-0.4, -0.2) is 41.8 Å². The summed E-state index contributed by atoms with van der Waals surface area (Å²) in [4.78, 5) is 36.3. The van der Waals surface area contributed by atoms with Gasteiger partial charge in [-0.1, -0.05) is 23.7 Å². The Hall–Kier alpha value is -3.26. The molecule has 0 saturated carbocycles. The minimum Gasteiger partial charge on any atom is -0.506 e. The molecule has 32 heavy (non-hydrogen) atoms. The van der Waals surface area contributed by atoms with Crippen molar-refractivity contribution >= 4 is 35.3 Å². The third-order valence-electron chi connectivity index (χ3n) is 4.27. The minimum absolute atomic E-state index is 0.0357. The van der Waals surface area contributed by atoms with Crippen LogP contribution in [0.5, 0.6) is 5.75 Å². The first-order valence-corrected chi connectivity index (χ1v) is 10.3. The maximum Gasteiger partial charge on any atom is 0.412 e. The SMILES string of the molecule is COC(=O)C[C@H](Cc1ccc(NC(=O)OC(C)(C)C)cc1)NC(=O)c1ccc(O)c(Cl)c1. The number of phenols is 1. The first-order chi connectivity index (χ1) is 15.0. The van der Waals surface area contributed by atoms with Gasteiger partial charge in [-0.05, 0) is 63.1 Å². The summed E-state index contributed by atoms with van der Waals surface area (Å²) >= 11 is 5.87. The first-order valence-electron chi connectivity index (χ1n) is 9.92. The van der Waals surface area contributed by atoms with Gasteiger partial charge in [0.1, 0.15) is 11.4 Å². The van der Waals surface area contributed by atoms with E-state index in [1.165, 1.54) is 25.3 Å². The Bertz CT molecular complexity index is 969. The number of esters is 1. The molecule has 0 radical (unpaired) electrons. The zero-order valence-corrected chi connectivity index (χ0v) is 19.2. The lowest BCUT2D eigenvalue weighted by atomic mass is 10.0. The smallest absolute Gasteiger partial charge is 0.412 e. The number of hydrogen-bond acceptors (Lipinski definition) is 6. The van der Waals surface area contributed by atoms with E-state index in [-0.39, 0.29) is 22.8 Å². The molecule has 0 aliphatic heterocycles. The van der Waals surface area contributed by atoms with Gasteiger partial charge in [-0.15, -0.1) is 0 Å². The Kier molecular flexibility index (Phi) is 8.48. The number of benzene rings is 2. The summed E-state index contributed by atoms with van der Waals surface area (Å²) in [6.07, 6.45) is -0.251. The second-order valence-electron chi connectivity index (χ2n) is 8.14. The molecular formula is C23H27ClN2O6. The van der Waals surface area contributed by atoms with Gasteiger partial charge >= 0.3 is 12.1 Å². The third kappa shape index (κ3) is 8.11. The van der Waals surface area contributed by atoms with Crippen LogP contribution in [0.2, 0.25) is 5.02 Å². The normalized spacial score (nSPS) is 11.9. The molecule has 1 atom stereocenters. The number of hydrogen-bond donors (Lipinski definition) is 3. The van der Waals surface area contributed by atoms with Gasteiger partial charge in [0.2, 0.25) is 0 Å². The summed E-state index contributed by atoms with van der Waals surface area (Å²) < 4.78 is 9.96. The van der Waals surface area contributed by atoms with Crippen molar-refractivity contribution in [3.63, 3.8) is 0 Å². The molecule has 0 aromatic heterocycles. The van der Waals surface area contributed by atoms with Gasteiger partial charge in [0.25, 0.3) is 5.91 Å². The van der Waals surface area contributed by atoms with Gasteiger partial charge in [-0.25, -0.2) is 4.79 Å². The summed E-state index contributed by atoms with van der Waals surface area (Å²) in [5.41, 5.74) is 1.03. The maximum absolute atomic E-state index is 12.6. The molecule has 2 rings (SSSR count). The lowest BCUT2D eigenvalue weighted by Gasteiger charge is -2.20. The van der Waals surface area contributed by atoms with E-state index in [4.69, 9.17) is 21.1 Å². The number of carbonyl (C=O) groups excluding carboxylic acids is 3. The molecule has 0 aliphatic carbocycles. The molecule has 0 heterocycles. The van der Waals surface area contributed by atoms with E-state index in [2.05, 4.69) is 10.6 Å². The highest BCUT2D eigenvalue weighted by molar-refractivity contribution is 6.32. The number of ether oxygens (including phenoxy) is 2. The van der Waals surface area contributed by atoms with Crippen LogP contribution in [0.3, 0.4) is 0 Å². The summed E-state index contributed by atoms with van der Waals surface area (Å²) in [6.45, 7) is 5.33. The highest BCUT2D eigenvalue weighted by atomic mass is 35.5. The van der Waals surface area contributed by atoms with Crippen LogP contribution in [0.4, 0.5) is 10.5 Å². The molecule has 172 valence electrons. The molecule has 0 unspecified atom stereocenters. The highest BCUT2D eigenvalue weighted by Crippen LogP contribution is 2.24. The molecule has 0 saturated heterocycles. The Morgan fingerprint density at radius 2 is 1.75 bits per heavy atom. The van der Waals surface area contributed by atoms with Crippen molar-refractivity contribution in [3.8, 4) is 5.75 Å². The Morgan fingerprint density at radius 3 is 2.31 bits per heavy atom. The lowest BCUT2D eigenvalue weighted by Crippen LogP contribution is -2.38. The number of nitrogens with one attached hydrogen (secondary N) is 2. The average molecular weight is 463 g/mol. The van der Waals surface area contributed by atoms with E-state index < -0.39 is 29.6 Å². The predicted octanol–water partition coefficient (Wildman–Crippen LogP) is 4.30. The fourth-order valence-corrected chi connectivity index (χ4v) is 2.99. The van der Waals surface area contributed by atoms with E-state index in [0.29, 0.717) is 12.1 Å². The largest absolute Gasteiger partial charge is 0.506 e. The molecule has 0 fully saturated rings. The van der Waals surface area contributed by atoms with Crippen LogP contribution in [-0.2, 0) is 20.7 Å². The number of carbonyl (C=O) groups is 3. The summed E-state index contributed by atoms with van der Waals surface area (Å²) in [6, 6.07) is 10.5. The van der Waals surface area contributed by atoms with Crippen molar-refractivity contribution < 1.29 is 29.0 Å². The van der Waals surface area contributed by atoms with E-state index in [9.17, 15) is 19.5 Å². The Balaban J connectivity index is 2.07. The molecule has 2 aromatic carbocycles. The van der Waals surface area contributed by atoms with Gasteiger partial charge in [0.15, 0.2) is 0 Å². The van der Waals surface area contributed by atoms with Gasteiger partial charge in [-0.3, -0.25) is 14.9 Å². The van der Waals surface area contributed by atoms with Gasteiger partial charge in [0.05, 0.1) is 18.6 Å². The molecule has 3 N–H and O–H groups in total. The van der Waals surface area contributed by atoms with Crippen molar-refractivity contribution in [2.45, 2.75) is 45.3 Å². The predicted molar refractivity (Wildman–Crippen MR) is 121 cm³/mol. The van der Waals surface area contributed by atoms with Crippen molar-refractivity contribution in [2.75, 3.05) is 12.4 Å². The molecule has 9 heteroatoms. The zero-order valence-electron chi connectivity index (χ0n) is 18.4. The van der Waals surface area contributed by atoms with Crippen LogP contribution in [0.15, 0.2) is 42.5 Å². The van der Waals surface area contributed by atoms with E-state index in [1.807, 2.05) is 0 Å². The fraction of sp³-hybridized carbons (Fsp3) is 0.348. The fourth-order valence-electron chi connectivity index (χ4n) is 2.81. The monoisotopic (exact) mass is 462 g/mol. The highest BCUT2D eigenvalue weighted by Gasteiger charge is 2.20. The number of rotatable bonds is 7. The standard InChI is InChI=1S/C23H27ClN2O6/c1-23(2,3)32-22(30)26-16-8-5-14(6-9-16)11-17(13-20(28)31-4)25-21(29)15-7-10-19(27)18(24)12-15/h5-10,12,17,27H,11,13H2,1-4H3,(H,25,29)(H,26,30)/t17-/m0/s1. The lowest BCUT2D eigenvalue weighted by molar-refractivity contribution is -0.141. The van der Waals surface area contributed by atoms with E-state index in [0.717, 1.165) is 5.56 Å². The van der Waals surface area contributed by atoms with Crippen LogP contribution >= 0.6 is 11.6 Å². The summed E-state index contributed by atoms with van der Waals surface area (Å²) in [5, 5.41) is 15.0. The molecule has 0 spiro atoms. The van der Waals surface area contributed by atoms with Crippen molar-refractivity contribution in [3.05, 3.63) is 58.6 Å². The molecule has 0 aliphatic rings. The summed E-state index contributed by atoms with van der Waals surface area (Å²) in [7, 11) is 1.28. The molecule has 8 nitrogen and oxygen atoms in total. The van der Waals surface area contributed by atoms with Gasteiger partial charge < -0.3 is 19.9 Å². The van der Waals surface area contributed by atoms with Crippen LogP contribution in [0.1, 0.15) is 43.1 Å². The van der Waals surface area contributed by atoms with Crippen molar-refractivity contribution in [2.24, 2.45) is 0 Å². The molecular weight excluding hydrogens is 436 g/mol. The second-order valence-corrected chi connectivity index (χ2v) is 8.55. The van der Waals surface area contributed by atoms with E-state index in [1.54, 1.807) is 45.0 Å². The van der Waals surface area contributed by atoms with Gasteiger partial charge in [-0.2, -0.15) is 0 Å². The van der Waals surface area contributed by atoms with Crippen LogP contribution in [0, 0.1) is 0 Å². The number of halogens is 1. The second kappa shape index (κ2) is 10.9. The minimum atomic E-state index is -0.606. The molecule has 0 bridgehead atoms. The summed E-state index contributed by atoms with van der Waals surface area (Å²) in [5.74, 6) is -1.04. The average Bonchev–Trinajstić information content (AvgIpc) is 2.69. The zero-order chi connectivity index (χ0) is 23.9. The number of phenolic OH excluding ortho intramolecular Hbond substituents is 1. The maximum atomic E-state index is 12.6. The quantitative estimate of drug-likeness (QED) is 0.529. The number of amides is 2. The first kappa shape index (κ1) is 25.0. The molecule has 2 amide bonds. The van der Waals surface area contributed by atoms with Crippen LogP contribution in [0.25, 0.3) is 0 Å². The van der Waals surface area contributed by atoms with E-state index >= 15 is 0 Å². The topological polar surface area (TPSA) is 114 Å². The molecule has 2 aromatic rings. The van der Waals surface area contributed by atoms with Crippen molar-refractivity contribution in [1.29, 1.82) is 0 Å².